The Morgan fingerprint density at radius 2 is 2.36 bits per heavy atom. The zero-order valence-corrected chi connectivity index (χ0v) is 8.97. The van der Waals surface area contributed by atoms with Crippen molar-refractivity contribution in [3.8, 4) is 0 Å². The van der Waals surface area contributed by atoms with Gasteiger partial charge in [0.2, 0.25) is 0 Å². The molecule has 0 spiro atoms. The molecule has 0 radical (unpaired) electrons. The van der Waals surface area contributed by atoms with Crippen LogP contribution < -0.4 is 0 Å². The summed E-state index contributed by atoms with van der Waals surface area (Å²) >= 11 is 2.21. The first-order valence-corrected chi connectivity index (χ1v) is 4.74. The van der Waals surface area contributed by atoms with Crippen LogP contribution in [0.3, 0.4) is 0 Å². The standard InChI is InChI=1S/C7H6IN2P/c8-7-3-6-5(4-9-7)1-2-10(6)11/h1-4H,11H2. The van der Waals surface area contributed by atoms with Gasteiger partial charge in [-0.25, -0.2) is 4.98 Å². The zero-order chi connectivity index (χ0) is 7.84. The first-order valence-electron chi connectivity index (χ1n) is 3.15. The molecular weight excluding hydrogens is 270 g/mol. The van der Waals surface area contributed by atoms with Crippen molar-refractivity contribution in [2.24, 2.45) is 0 Å². The molecule has 2 rings (SSSR count). The summed E-state index contributed by atoms with van der Waals surface area (Å²) < 4.78 is 3.04. The van der Waals surface area contributed by atoms with Crippen molar-refractivity contribution in [1.82, 2.24) is 9.32 Å². The summed E-state index contributed by atoms with van der Waals surface area (Å²) in [5.74, 6) is 0. The largest absolute Gasteiger partial charge is 0.332 e. The molecule has 0 aliphatic heterocycles. The van der Waals surface area contributed by atoms with Crippen molar-refractivity contribution in [2.45, 2.75) is 0 Å². The quantitative estimate of drug-likeness (QED) is 0.410. The molecule has 0 aliphatic rings. The molecule has 11 heavy (non-hydrogen) atoms. The number of hydrogen-bond donors (Lipinski definition) is 0. The third kappa shape index (κ3) is 1.27. The highest BCUT2D eigenvalue weighted by Gasteiger charge is 1.97. The van der Waals surface area contributed by atoms with Crippen molar-refractivity contribution in [2.75, 3.05) is 0 Å². The van der Waals surface area contributed by atoms with Gasteiger partial charge >= 0.3 is 0 Å². The molecule has 0 aromatic carbocycles. The average Bonchev–Trinajstić information content (AvgIpc) is 2.33. The van der Waals surface area contributed by atoms with Gasteiger partial charge in [0.1, 0.15) is 3.70 Å². The smallest absolute Gasteiger partial charge is 0.103 e. The highest BCUT2D eigenvalue weighted by Crippen LogP contribution is 2.18. The summed E-state index contributed by atoms with van der Waals surface area (Å²) in [5.41, 5.74) is 1.20. The van der Waals surface area contributed by atoms with E-state index in [9.17, 15) is 0 Å². The lowest BCUT2D eigenvalue weighted by Gasteiger charge is -1.94. The van der Waals surface area contributed by atoms with Crippen LogP contribution in [-0.2, 0) is 0 Å². The van der Waals surface area contributed by atoms with Crippen LogP contribution in [0.15, 0.2) is 24.5 Å². The number of fused-ring (bicyclic) bond motifs is 1. The highest BCUT2D eigenvalue weighted by molar-refractivity contribution is 14.1. The topological polar surface area (TPSA) is 17.8 Å². The molecule has 0 amide bonds. The monoisotopic (exact) mass is 276 g/mol. The predicted molar refractivity (Wildman–Crippen MR) is 57.6 cm³/mol. The average molecular weight is 276 g/mol. The van der Waals surface area contributed by atoms with Gasteiger partial charge in [0.25, 0.3) is 0 Å². The highest BCUT2D eigenvalue weighted by atomic mass is 127. The number of hydrogen-bond acceptors (Lipinski definition) is 1. The fourth-order valence-electron chi connectivity index (χ4n) is 1.02. The van der Waals surface area contributed by atoms with Crippen molar-refractivity contribution < 1.29 is 0 Å². The van der Waals surface area contributed by atoms with E-state index in [2.05, 4.69) is 43.0 Å². The summed E-state index contributed by atoms with van der Waals surface area (Å²) in [5, 5.41) is 1.18. The van der Waals surface area contributed by atoms with Crippen LogP contribution >= 0.6 is 32.0 Å². The second kappa shape index (κ2) is 2.72. The Bertz CT molecular complexity index is 396. The molecule has 2 heterocycles. The van der Waals surface area contributed by atoms with Crippen molar-refractivity contribution in [3.63, 3.8) is 0 Å². The van der Waals surface area contributed by atoms with E-state index in [4.69, 9.17) is 0 Å². The van der Waals surface area contributed by atoms with Crippen LogP contribution in [0, 0.1) is 3.70 Å². The van der Waals surface area contributed by atoms with Crippen LogP contribution in [0.2, 0.25) is 0 Å². The van der Waals surface area contributed by atoms with Crippen LogP contribution in [0.1, 0.15) is 0 Å². The normalized spacial score (nSPS) is 10.7. The van der Waals surface area contributed by atoms with E-state index in [1.807, 2.05) is 22.8 Å². The maximum Gasteiger partial charge on any atom is 0.103 e. The molecule has 1 unspecified atom stereocenters. The van der Waals surface area contributed by atoms with Crippen LogP contribution in [0.4, 0.5) is 0 Å². The Hall–Kier alpha value is -0.150. The minimum absolute atomic E-state index is 1.03. The van der Waals surface area contributed by atoms with Gasteiger partial charge in [-0.2, -0.15) is 0 Å². The van der Waals surface area contributed by atoms with E-state index in [1.54, 1.807) is 0 Å². The first-order chi connectivity index (χ1) is 5.27. The first kappa shape index (κ1) is 7.50. The van der Waals surface area contributed by atoms with Crippen LogP contribution in [0.5, 0.6) is 0 Å². The minimum atomic E-state index is 1.03. The van der Waals surface area contributed by atoms with Crippen LogP contribution in [0.25, 0.3) is 10.9 Å². The third-order valence-electron chi connectivity index (χ3n) is 1.57. The Morgan fingerprint density at radius 1 is 1.55 bits per heavy atom. The molecular formula is C7H6IN2P. The van der Waals surface area contributed by atoms with Gasteiger partial charge in [0.05, 0.1) is 5.52 Å². The molecule has 2 nitrogen and oxygen atoms in total. The number of rotatable bonds is 0. The predicted octanol–water partition coefficient (Wildman–Crippen LogP) is 2.28. The second-order valence-corrected chi connectivity index (χ2v) is 3.95. The molecule has 2 aromatic heterocycles. The van der Waals surface area contributed by atoms with Gasteiger partial charge in [-0.3, -0.25) is 0 Å². The van der Waals surface area contributed by atoms with E-state index in [-0.39, 0.29) is 0 Å². The number of nitrogens with zero attached hydrogens (tertiary/aromatic N) is 2. The Balaban J connectivity index is 2.87. The summed E-state index contributed by atoms with van der Waals surface area (Å²) in [6.45, 7) is 0. The Kier molecular flexibility index (Phi) is 1.85. The lowest BCUT2D eigenvalue weighted by atomic mass is 10.3. The molecule has 0 fully saturated rings. The molecule has 0 saturated heterocycles. The molecule has 0 saturated carbocycles. The lowest BCUT2D eigenvalue weighted by molar-refractivity contribution is 1.28. The second-order valence-electron chi connectivity index (χ2n) is 2.29. The summed E-state index contributed by atoms with van der Waals surface area (Å²) in [6.07, 6.45) is 3.89. The van der Waals surface area contributed by atoms with E-state index in [0.717, 1.165) is 3.70 Å². The fourth-order valence-corrected chi connectivity index (χ4v) is 1.77. The third-order valence-corrected chi connectivity index (χ3v) is 2.61. The summed E-state index contributed by atoms with van der Waals surface area (Å²) in [4.78, 5) is 4.18. The van der Waals surface area contributed by atoms with Gasteiger partial charge in [-0.15, -0.1) is 0 Å². The number of halogens is 1. The molecule has 0 N–H and O–H groups in total. The van der Waals surface area contributed by atoms with E-state index < -0.39 is 0 Å². The maximum atomic E-state index is 4.18. The molecule has 56 valence electrons. The van der Waals surface area contributed by atoms with E-state index in [0.29, 0.717) is 0 Å². The minimum Gasteiger partial charge on any atom is -0.332 e. The van der Waals surface area contributed by atoms with Gasteiger partial charge in [-0.1, -0.05) is 0 Å². The zero-order valence-electron chi connectivity index (χ0n) is 5.66. The Labute approximate surface area is 80.4 Å². The van der Waals surface area contributed by atoms with E-state index in [1.165, 1.54) is 10.9 Å². The molecule has 4 heteroatoms. The van der Waals surface area contributed by atoms with E-state index >= 15 is 0 Å². The Morgan fingerprint density at radius 3 is 3.18 bits per heavy atom. The molecule has 1 atom stereocenters. The number of aromatic nitrogens is 2. The lowest BCUT2D eigenvalue weighted by Crippen LogP contribution is -1.80. The molecule has 0 bridgehead atoms. The van der Waals surface area contributed by atoms with Gasteiger partial charge in [0.15, 0.2) is 0 Å². The summed E-state index contributed by atoms with van der Waals surface area (Å²) in [7, 11) is 2.64. The summed E-state index contributed by atoms with van der Waals surface area (Å²) in [6, 6.07) is 4.11. The number of pyridine rings is 1. The maximum absolute atomic E-state index is 4.18. The van der Waals surface area contributed by atoms with Crippen molar-refractivity contribution in [1.29, 1.82) is 0 Å². The van der Waals surface area contributed by atoms with Gasteiger partial charge in [-0.05, 0) is 44.1 Å². The fraction of sp³-hybridized carbons (Fsp3) is 0. The molecule has 2 aromatic rings. The van der Waals surface area contributed by atoms with Crippen molar-refractivity contribution in [3.05, 3.63) is 28.2 Å². The SMILES string of the molecule is Pn1ccc2cnc(I)cc21. The van der Waals surface area contributed by atoms with Gasteiger partial charge in [0, 0.05) is 17.8 Å². The van der Waals surface area contributed by atoms with Crippen LogP contribution in [-0.4, -0.2) is 9.32 Å². The molecule has 0 aliphatic carbocycles. The van der Waals surface area contributed by atoms with Crippen molar-refractivity contribution >= 4 is 42.9 Å². The van der Waals surface area contributed by atoms with Gasteiger partial charge < -0.3 is 4.34 Å².